The van der Waals surface area contributed by atoms with Gasteiger partial charge in [-0.25, -0.2) is 8.78 Å². The van der Waals surface area contributed by atoms with Crippen molar-refractivity contribution in [2.24, 2.45) is 0 Å². The fourth-order valence-corrected chi connectivity index (χ4v) is 1.93. The predicted octanol–water partition coefficient (Wildman–Crippen LogP) is 2.24. The normalized spacial score (nSPS) is 14.5. The van der Waals surface area contributed by atoms with Crippen LogP contribution < -0.4 is 0 Å². The van der Waals surface area contributed by atoms with E-state index in [4.69, 9.17) is 4.74 Å². The van der Waals surface area contributed by atoms with Crippen LogP contribution in [0.4, 0.5) is 8.78 Å². The van der Waals surface area contributed by atoms with Crippen LogP contribution >= 0.6 is 0 Å². The van der Waals surface area contributed by atoms with E-state index >= 15 is 0 Å². The Hall–Kier alpha value is -1.29. The minimum absolute atomic E-state index is 0.0509. The maximum Gasteiger partial charge on any atom is 0.165 e. The van der Waals surface area contributed by atoms with E-state index in [9.17, 15) is 13.6 Å². The van der Waals surface area contributed by atoms with Gasteiger partial charge >= 0.3 is 0 Å². The van der Waals surface area contributed by atoms with Crippen LogP contribution in [0.1, 0.15) is 27.9 Å². The largest absolute Gasteiger partial charge is 0.380 e. The lowest BCUT2D eigenvalue weighted by Crippen LogP contribution is -2.06. The van der Waals surface area contributed by atoms with E-state index in [1.165, 1.54) is 7.11 Å². The number of carbonyl (C=O) groups excluding carboxylic acids is 1. The first-order chi connectivity index (χ1) is 7.15. The van der Waals surface area contributed by atoms with Crippen molar-refractivity contribution < 1.29 is 18.3 Å². The number of hydrogen-bond donors (Lipinski definition) is 0. The summed E-state index contributed by atoms with van der Waals surface area (Å²) in [6.07, 6.45) is 0.816. The zero-order valence-corrected chi connectivity index (χ0v) is 8.27. The zero-order chi connectivity index (χ0) is 11.0. The third-order valence-electron chi connectivity index (χ3n) is 2.59. The van der Waals surface area contributed by atoms with E-state index in [1.807, 2.05) is 0 Å². The zero-order valence-electron chi connectivity index (χ0n) is 8.27. The van der Waals surface area contributed by atoms with Crippen LogP contribution in [0.25, 0.3) is 0 Å². The average molecular weight is 212 g/mol. The molecular formula is C11H10F2O2. The molecule has 0 heterocycles. The minimum Gasteiger partial charge on any atom is -0.380 e. The van der Waals surface area contributed by atoms with Crippen molar-refractivity contribution in [1.82, 2.24) is 0 Å². The van der Waals surface area contributed by atoms with Gasteiger partial charge in [-0.05, 0) is 18.1 Å². The second kappa shape index (κ2) is 3.70. The molecule has 15 heavy (non-hydrogen) atoms. The summed E-state index contributed by atoms with van der Waals surface area (Å²) in [5, 5.41) is 0. The molecule has 1 aromatic carbocycles. The third-order valence-corrected chi connectivity index (χ3v) is 2.59. The lowest BCUT2D eigenvalue weighted by molar-refractivity contribution is 0.0989. The van der Waals surface area contributed by atoms with Gasteiger partial charge in [-0.3, -0.25) is 4.79 Å². The highest BCUT2D eigenvalue weighted by molar-refractivity contribution is 6.01. The molecule has 0 atom stereocenters. The average Bonchev–Trinajstić information content (AvgIpc) is 2.55. The summed E-state index contributed by atoms with van der Waals surface area (Å²) in [5.74, 6) is -2.00. The van der Waals surface area contributed by atoms with Gasteiger partial charge in [-0.1, -0.05) is 0 Å². The van der Waals surface area contributed by atoms with Gasteiger partial charge < -0.3 is 4.74 Å². The fraction of sp³-hybridized carbons (Fsp3) is 0.364. The molecule has 0 aliphatic heterocycles. The quantitative estimate of drug-likeness (QED) is 0.751. The Labute approximate surface area is 85.9 Å². The molecule has 80 valence electrons. The summed E-state index contributed by atoms with van der Waals surface area (Å²) in [4.78, 5) is 11.5. The van der Waals surface area contributed by atoms with Crippen molar-refractivity contribution in [3.8, 4) is 0 Å². The van der Waals surface area contributed by atoms with Crippen LogP contribution in [0.15, 0.2) is 6.07 Å². The summed E-state index contributed by atoms with van der Waals surface area (Å²) >= 11 is 0. The topological polar surface area (TPSA) is 26.3 Å². The van der Waals surface area contributed by atoms with Gasteiger partial charge in [0.2, 0.25) is 0 Å². The number of halogens is 2. The Morgan fingerprint density at radius 3 is 2.80 bits per heavy atom. The molecule has 0 fully saturated rings. The molecule has 4 heteroatoms. The van der Waals surface area contributed by atoms with Crippen molar-refractivity contribution in [2.75, 3.05) is 7.11 Å². The van der Waals surface area contributed by atoms with Gasteiger partial charge in [-0.2, -0.15) is 0 Å². The first-order valence-corrected chi connectivity index (χ1v) is 4.67. The van der Waals surface area contributed by atoms with Crippen molar-refractivity contribution in [2.45, 2.75) is 19.4 Å². The van der Waals surface area contributed by atoms with Gasteiger partial charge in [0.25, 0.3) is 0 Å². The Morgan fingerprint density at radius 1 is 1.40 bits per heavy atom. The van der Waals surface area contributed by atoms with Crippen LogP contribution in [-0.2, 0) is 17.8 Å². The molecule has 0 saturated heterocycles. The van der Waals surface area contributed by atoms with E-state index in [0.717, 1.165) is 6.07 Å². The molecule has 2 nitrogen and oxygen atoms in total. The van der Waals surface area contributed by atoms with Gasteiger partial charge in [0.1, 0.15) is 0 Å². The molecule has 0 amide bonds. The van der Waals surface area contributed by atoms with E-state index in [2.05, 4.69) is 0 Å². The van der Waals surface area contributed by atoms with Gasteiger partial charge in [0, 0.05) is 24.7 Å². The molecule has 0 aromatic heterocycles. The molecule has 0 spiro atoms. The predicted molar refractivity (Wildman–Crippen MR) is 49.7 cm³/mol. The Bertz CT molecular complexity index is 427. The maximum absolute atomic E-state index is 13.4. The van der Waals surface area contributed by atoms with Crippen LogP contribution in [-0.4, -0.2) is 12.9 Å². The highest BCUT2D eigenvalue weighted by atomic mass is 19.2. The van der Waals surface area contributed by atoms with Gasteiger partial charge in [0.05, 0.1) is 6.61 Å². The second-order valence-electron chi connectivity index (χ2n) is 3.54. The molecule has 1 aliphatic rings. The molecule has 0 unspecified atom stereocenters. The number of hydrogen-bond acceptors (Lipinski definition) is 2. The van der Waals surface area contributed by atoms with Gasteiger partial charge in [0.15, 0.2) is 17.4 Å². The molecule has 0 saturated carbocycles. The van der Waals surface area contributed by atoms with E-state index < -0.39 is 11.6 Å². The third kappa shape index (κ3) is 1.55. The highest BCUT2D eigenvalue weighted by Crippen LogP contribution is 2.29. The number of benzene rings is 1. The molecule has 0 bridgehead atoms. The molecule has 1 aromatic rings. The number of rotatable bonds is 2. The summed E-state index contributed by atoms with van der Waals surface area (Å²) in [7, 11) is 1.39. The fourth-order valence-electron chi connectivity index (χ4n) is 1.93. The van der Waals surface area contributed by atoms with E-state index in [-0.39, 0.29) is 18.0 Å². The number of methoxy groups -OCH3 is 1. The summed E-state index contributed by atoms with van der Waals surface area (Å²) in [6.45, 7) is -0.0718. The maximum atomic E-state index is 13.4. The number of Topliss-reactive ketones (excluding diaryl/α,β-unsaturated/α-hetero) is 1. The number of ketones is 1. The highest BCUT2D eigenvalue weighted by Gasteiger charge is 2.27. The molecule has 0 N–H and O–H groups in total. The minimum atomic E-state index is -0.967. The Kier molecular flexibility index (Phi) is 2.52. The second-order valence-corrected chi connectivity index (χ2v) is 3.54. The molecular weight excluding hydrogens is 202 g/mol. The lowest BCUT2D eigenvalue weighted by atomic mass is 10.0. The number of fused-ring (bicyclic) bond motifs is 1. The molecule has 2 rings (SSSR count). The van der Waals surface area contributed by atoms with Crippen molar-refractivity contribution in [3.05, 3.63) is 34.4 Å². The van der Waals surface area contributed by atoms with Crippen LogP contribution in [0, 0.1) is 11.6 Å². The van der Waals surface area contributed by atoms with E-state index in [1.54, 1.807) is 0 Å². The van der Waals surface area contributed by atoms with Crippen molar-refractivity contribution >= 4 is 5.78 Å². The first-order valence-electron chi connectivity index (χ1n) is 4.67. The lowest BCUT2D eigenvalue weighted by Gasteiger charge is -2.08. The van der Waals surface area contributed by atoms with Crippen molar-refractivity contribution in [3.63, 3.8) is 0 Å². The SMILES string of the molecule is COCc1c(F)c(F)cc2c1C(=O)CC2. The number of aryl methyl sites for hydroxylation is 1. The van der Waals surface area contributed by atoms with Crippen LogP contribution in [0.3, 0.4) is 0 Å². The van der Waals surface area contributed by atoms with Crippen LogP contribution in [0.2, 0.25) is 0 Å². The molecule has 0 radical (unpaired) electrons. The molecule has 1 aliphatic carbocycles. The summed E-state index contributed by atoms with van der Waals surface area (Å²) < 4.78 is 31.3. The smallest absolute Gasteiger partial charge is 0.165 e. The first kappa shape index (κ1) is 10.2. The Morgan fingerprint density at radius 2 is 2.13 bits per heavy atom. The standard InChI is InChI=1S/C11H10F2O2/c1-15-5-7-10-6(2-3-9(10)14)4-8(12)11(7)13/h4H,2-3,5H2,1H3. The van der Waals surface area contributed by atoms with E-state index in [0.29, 0.717) is 24.0 Å². The number of carbonyl (C=O) groups is 1. The van der Waals surface area contributed by atoms with Crippen molar-refractivity contribution in [1.29, 1.82) is 0 Å². The van der Waals surface area contributed by atoms with Crippen LogP contribution in [0.5, 0.6) is 0 Å². The number of ether oxygens (including phenoxy) is 1. The monoisotopic (exact) mass is 212 g/mol. The summed E-state index contributed by atoms with van der Waals surface area (Å²) in [6, 6.07) is 1.11. The Balaban J connectivity index is 2.64. The summed E-state index contributed by atoms with van der Waals surface area (Å²) in [5.41, 5.74) is 0.955. The van der Waals surface area contributed by atoms with Gasteiger partial charge in [-0.15, -0.1) is 0 Å².